The summed E-state index contributed by atoms with van der Waals surface area (Å²) < 4.78 is 29.7. The molecule has 2 amide bonds. The van der Waals surface area contributed by atoms with E-state index >= 15 is 0 Å². The molecule has 0 bridgehead atoms. The fraction of sp³-hybridized carbons (Fsp3) is 0.297. The van der Waals surface area contributed by atoms with Gasteiger partial charge in [0.1, 0.15) is 12.6 Å². The molecule has 4 aromatic rings. The molecule has 1 fully saturated rings. The Morgan fingerprint density at radius 3 is 2.09 bits per heavy atom. The van der Waals surface area contributed by atoms with Crippen LogP contribution in [0.3, 0.4) is 0 Å². The summed E-state index contributed by atoms with van der Waals surface area (Å²) >= 11 is 6.18. The first kappa shape index (κ1) is 33.2. The number of aryl methyl sites for hydroxylation is 1. The summed E-state index contributed by atoms with van der Waals surface area (Å²) in [4.78, 5) is 30.4. The Morgan fingerprint density at radius 1 is 0.826 bits per heavy atom. The van der Waals surface area contributed by atoms with Gasteiger partial charge in [0.25, 0.3) is 10.0 Å². The predicted molar refractivity (Wildman–Crippen MR) is 183 cm³/mol. The molecule has 9 heteroatoms. The van der Waals surface area contributed by atoms with Gasteiger partial charge >= 0.3 is 0 Å². The summed E-state index contributed by atoms with van der Waals surface area (Å²) in [6.45, 7) is 1.56. The van der Waals surface area contributed by atoms with E-state index in [2.05, 4.69) is 5.32 Å². The van der Waals surface area contributed by atoms with Crippen LogP contribution in [0, 0.1) is 0 Å². The molecule has 5 rings (SSSR count). The topological polar surface area (TPSA) is 86.8 Å². The highest BCUT2D eigenvalue weighted by Gasteiger charge is 2.36. The number of anilines is 1. The first-order valence-electron chi connectivity index (χ1n) is 15.8. The van der Waals surface area contributed by atoms with Gasteiger partial charge in [0.05, 0.1) is 10.6 Å². The quantitative estimate of drug-likeness (QED) is 0.171. The van der Waals surface area contributed by atoms with Crippen molar-refractivity contribution in [1.29, 1.82) is 0 Å². The van der Waals surface area contributed by atoms with E-state index in [9.17, 15) is 18.0 Å². The number of hydrogen-bond donors (Lipinski definition) is 1. The van der Waals surface area contributed by atoms with Gasteiger partial charge in [-0.3, -0.25) is 13.9 Å². The van der Waals surface area contributed by atoms with Crippen molar-refractivity contribution in [3.05, 3.63) is 131 Å². The number of rotatable bonds is 13. The lowest BCUT2D eigenvalue weighted by molar-refractivity contribution is -0.140. The minimum atomic E-state index is -4.15. The Hall–Kier alpha value is -4.14. The Kier molecular flexibility index (Phi) is 11.1. The molecule has 1 saturated carbocycles. The van der Waals surface area contributed by atoms with Crippen LogP contribution in [0.15, 0.2) is 114 Å². The van der Waals surface area contributed by atoms with Crippen LogP contribution in [0.2, 0.25) is 5.02 Å². The molecule has 46 heavy (non-hydrogen) atoms. The maximum absolute atomic E-state index is 14.7. The van der Waals surface area contributed by atoms with Crippen LogP contribution in [-0.2, 0) is 39.0 Å². The van der Waals surface area contributed by atoms with Gasteiger partial charge in [-0.15, -0.1) is 0 Å². The molecule has 1 N–H and O–H groups in total. The number of hydrogen-bond acceptors (Lipinski definition) is 4. The lowest BCUT2D eigenvalue weighted by atomic mass is 10.0. The summed E-state index contributed by atoms with van der Waals surface area (Å²) in [5.74, 6) is -0.729. The second-order valence-electron chi connectivity index (χ2n) is 11.7. The van der Waals surface area contributed by atoms with Gasteiger partial charge in [0.15, 0.2) is 0 Å². The Morgan fingerprint density at radius 2 is 1.43 bits per heavy atom. The SMILES string of the molecule is CCc1ccccc1N(CC(=O)N(Cc1ccc(Cl)cc1)C(Cc1ccccc1)C(=O)NC1CCCC1)S(=O)(=O)c1ccccc1. The maximum atomic E-state index is 14.7. The molecule has 0 aliphatic heterocycles. The monoisotopic (exact) mass is 657 g/mol. The minimum Gasteiger partial charge on any atom is -0.352 e. The molecular formula is C37H40ClN3O4S. The standard InChI is InChI=1S/C37H40ClN3O4S/c1-2-30-15-9-12-20-34(30)41(46(44,45)33-18-7-4-8-19-33)27-36(42)40(26-29-21-23-31(38)24-22-29)35(25-28-13-5-3-6-14-28)37(43)39-32-16-10-11-17-32/h3-9,12-15,18-24,32,35H,2,10-11,16-17,25-27H2,1H3,(H,39,43). The van der Waals surface area contributed by atoms with Gasteiger partial charge in [-0.25, -0.2) is 8.42 Å². The fourth-order valence-electron chi connectivity index (χ4n) is 5.99. The summed E-state index contributed by atoms with van der Waals surface area (Å²) in [6.07, 6.45) is 4.73. The van der Waals surface area contributed by atoms with Crippen molar-refractivity contribution in [2.24, 2.45) is 0 Å². The fourth-order valence-corrected chi connectivity index (χ4v) is 7.59. The smallest absolute Gasteiger partial charge is 0.264 e. The third-order valence-corrected chi connectivity index (χ3v) is 10.5. The van der Waals surface area contributed by atoms with E-state index in [1.54, 1.807) is 42.5 Å². The molecule has 4 aromatic carbocycles. The first-order chi connectivity index (χ1) is 22.3. The molecule has 0 saturated heterocycles. The van der Waals surface area contributed by atoms with Crippen LogP contribution >= 0.6 is 11.6 Å². The average Bonchev–Trinajstić information content (AvgIpc) is 3.59. The van der Waals surface area contributed by atoms with Crippen LogP contribution < -0.4 is 9.62 Å². The number of para-hydroxylation sites is 1. The van der Waals surface area contributed by atoms with Gasteiger partial charge in [-0.1, -0.05) is 110 Å². The zero-order valence-electron chi connectivity index (χ0n) is 26.0. The van der Waals surface area contributed by atoms with Gasteiger partial charge < -0.3 is 10.2 Å². The van der Waals surface area contributed by atoms with Crippen LogP contribution in [0.25, 0.3) is 0 Å². The molecule has 1 aliphatic carbocycles. The molecule has 240 valence electrons. The lowest BCUT2D eigenvalue weighted by Gasteiger charge is -2.34. The molecule has 0 heterocycles. The molecule has 1 atom stereocenters. The number of carbonyl (C=O) groups is 2. The zero-order valence-corrected chi connectivity index (χ0v) is 27.6. The van der Waals surface area contributed by atoms with E-state index in [4.69, 9.17) is 11.6 Å². The maximum Gasteiger partial charge on any atom is 0.264 e. The van der Waals surface area contributed by atoms with Gasteiger partial charge in [0.2, 0.25) is 11.8 Å². The van der Waals surface area contributed by atoms with Crippen molar-refractivity contribution in [2.45, 2.75) is 69.0 Å². The molecule has 0 spiro atoms. The second kappa shape index (κ2) is 15.4. The van der Waals surface area contributed by atoms with Crippen molar-refractivity contribution < 1.29 is 18.0 Å². The molecule has 1 aliphatic rings. The van der Waals surface area contributed by atoms with Crippen molar-refractivity contribution in [3.63, 3.8) is 0 Å². The van der Waals surface area contributed by atoms with Gasteiger partial charge in [-0.05, 0) is 66.3 Å². The van der Waals surface area contributed by atoms with Crippen LogP contribution in [-0.4, -0.2) is 43.8 Å². The number of halogens is 1. The van der Waals surface area contributed by atoms with E-state index in [0.717, 1.165) is 42.4 Å². The summed E-state index contributed by atoms with van der Waals surface area (Å²) in [7, 11) is -4.15. The first-order valence-corrected chi connectivity index (χ1v) is 17.6. The number of nitrogens with one attached hydrogen (secondary N) is 1. The van der Waals surface area contributed by atoms with E-state index in [0.29, 0.717) is 17.1 Å². The highest BCUT2D eigenvalue weighted by Crippen LogP contribution is 2.29. The Labute approximate surface area is 277 Å². The highest BCUT2D eigenvalue weighted by molar-refractivity contribution is 7.92. The third kappa shape index (κ3) is 8.17. The Bertz CT molecular complexity index is 1710. The summed E-state index contributed by atoms with van der Waals surface area (Å²) in [6, 6.07) is 31.2. The van der Waals surface area contributed by atoms with Crippen LogP contribution in [0.4, 0.5) is 5.69 Å². The predicted octanol–water partition coefficient (Wildman–Crippen LogP) is 6.80. The number of amides is 2. The summed E-state index contributed by atoms with van der Waals surface area (Å²) in [5.41, 5.74) is 2.89. The molecule has 7 nitrogen and oxygen atoms in total. The molecule has 0 radical (unpaired) electrons. The van der Waals surface area contributed by atoms with Crippen molar-refractivity contribution in [3.8, 4) is 0 Å². The number of benzene rings is 4. The number of nitrogens with zero attached hydrogens (tertiary/aromatic N) is 2. The van der Waals surface area contributed by atoms with Gasteiger partial charge in [-0.2, -0.15) is 0 Å². The zero-order chi connectivity index (χ0) is 32.5. The summed E-state index contributed by atoms with van der Waals surface area (Å²) in [5, 5.41) is 3.76. The normalized spacial score (nSPS) is 14.0. The molecular weight excluding hydrogens is 618 g/mol. The minimum absolute atomic E-state index is 0.0460. The molecule has 1 unspecified atom stereocenters. The Balaban J connectivity index is 1.58. The van der Waals surface area contributed by atoms with E-state index in [1.165, 1.54) is 21.3 Å². The van der Waals surface area contributed by atoms with Crippen molar-refractivity contribution in [1.82, 2.24) is 10.2 Å². The highest BCUT2D eigenvalue weighted by atomic mass is 35.5. The van der Waals surface area contributed by atoms with Gasteiger partial charge in [0, 0.05) is 24.0 Å². The van der Waals surface area contributed by atoms with Crippen LogP contribution in [0.5, 0.6) is 0 Å². The largest absolute Gasteiger partial charge is 0.352 e. The average molecular weight is 658 g/mol. The lowest BCUT2D eigenvalue weighted by Crippen LogP contribution is -2.54. The molecule has 0 aromatic heterocycles. The van der Waals surface area contributed by atoms with Crippen LogP contribution in [0.1, 0.15) is 49.3 Å². The van der Waals surface area contributed by atoms with E-state index < -0.39 is 28.5 Å². The van der Waals surface area contributed by atoms with Crippen molar-refractivity contribution in [2.75, 3.05) is 10.8 Å². The number of sulfonamides is 1. The third-order valence-electron chi connectivity index (χ3n) is 8.49. The van der Waals surface area contributed by atoms with Crippen molar-refractivity contribution >= 4 is 39.1 Å². The second-order valence-corrected chi connectivity index (χ2v) is 13.9. The van der Waals surface area contributed by atoms with E-state index in [1.807, 2.05) is 61.5 Å². The number of carbonyl (C=O) groups excluding carboxylic acids is 2. The van der Waals surface area contributed by atoms with E-state index in [-0.39, 0.29) is 29.8 Å².